The van der Waals surface area contributed by atoms with Crippen LogP contribution in [-0.2, 0) is 16.1 Å². The first-order valence-electron chi connectivity index (χ1n) is 11.5. The maximum atomic E-state index is 13.3. The Morgan fingerprint density at radius 2 is 1.91 bits per heavy atom. The van der Waals surface area contributed by atoms with E-state index in [0.29, 0.717) is 31.2 Å². The Bertz CT molecular complexity index is 934. The first-order chi connectivity index (χ1) is 15.9. The van der Waals surface area contributed by atoms with Crippen LogP contribution in [0.2, 0.25) is 5.02 Å². The highest BCUT2D eigenvalue weighted by Gasteiger charge is 2.41. The minimum Gasteiger partial charge on any atom is -0.491 e. The molecule has 2 saturated heterocycles. The van der Waals surface area contributed by atoms with Gasteiger partial charge in [0.05, 0.1) is 13.0 Å². The molecule has 1 atom stereocenters. The van der Waals surface area contributed by atoms with Gasteiger partial charge in [-0.1, -0.05) is 17.7 Å². The molecule has 2 aromatic rings. The zero-order valence-corrected chi connectivity index (χ0v) is 20.3. The number of pyridine rings is 1. The van der Waals surface area contributed by atoms with Crippen LogP contribution in [0.3, 0.4) is 0 Å². The molecular formula is C25H33ClN4O3. The van der Waals surface area contributed by atoms with Crippen LogP contribution in [-0.4, -0.2) is 90.7 Å². The number of aryl methyl sites for hydroxylation is 1. The quantitative estimate of drug-likeness (QED) is 0.617. The molecule has 0 radical (unpaired) electrons. The van der Waals surface area contributed by atoms with Crippen LogP contribution >= 0.6 is 11.6 Å². The number of amides is 1. The molecule has 2 aliphatic rings. The minimum absolute atomic E-state index is 0.127. The Balaban J connectivity index is 1.48. The SMILES string of the molecule is Cc1cncc(CN2CCO[C@@](COc3ccc(Cl)cc3)(CC(=O)N3CCN(C)CC3)C2)c1. The molecule has 3 heterocycles. The minimum atomic E-state index is -0.713. The van der Waals surface area contributed by atoms with Gasteiger partial charge in [0.25, 0.3) is 0 Å². The Kier molecular flexibility index (Phi) is 7.86. The number of rotatable bonds is 7. The summed E-state index contributed by atoms with van der Waals surface area (Å²) in [6.07, 6.45) is 4.07. The van der Waals surface area contributed by atoms with Gasteiger partial charge in [-0.3, -0.25) is 14.7 Å². The Hall–Kier alpha value is -2.19. The number of piperazine rings is 1. The lowest BCUT2D eigenvalue weighted by Crippen LogP contribution is -2.58. The summed E-state index contributed by atoms with van der Waals surface area (Å²) in [5.74, 6) is 0.844. The number of hydrogen-bond acceptors (Lipinski definition) is 6. The zero-order valence-electron chi connectivity index (χ0n) is 19.5. The third-order valence-corrected chi connectivity index (χ3v) is 6.56. The largest absolute Gasteiger partial charge is 0.491 e. The third-order valence-electron chi connectivity index (χ3n) is 6.31. The molecule has 1 aromatic carbocycles. The summed E-state index contributed by atoms with van der Waals surface area (Å²) in [7, 11) is 2.09. The van der Waals surface area contributed by atoms with Crippen LogP contribution in [0.4, 0.5) is 0 Å². The molecule has 0 bridgehead atoms. The predicted octanol–water partition coefficient (Wildman–Crippen LogP) is 2.86. The molecule has 2 fully saturated rings. The number of carbonyl (C=O) groups is 1. The molecule has 178 valence electrons. The second kappa shape index (κ2) is 10.8. The average Bonchev–Trinajstić information content (AvgIpc) is 2.79. The van der Waals surface area contributed by atoms with Crippen molar-refractivity contribution in [2.45, 2.75) is 25.5 Å². The second-order valence-corrected chi connectivity index (χ2v) is 9.65. The van der Waals surface area contributed by atoms with Crippen molar-refractivity contribution in [3.63, 3.8) is 0 Å². The van der Waals surface area contributed by atoms with Crippen LogP contribution in [0.15, 0.2) is 42.7 Å². The predicted molar refractivity (Wildman–Crippen MR) is 129 cm³/mol. The molecule has 7 nitrogen and oxygen atoms in total. The standard InChI is InChI=1S/C25H33ClN4O3/c1-20-13-21(16-27-15-20)17-29-11-12-33-25(18-29,19-32-23-5-3-22(26)4-6-23)14-24(31)30-9-7-28(2)8-10-30/h3-6,13,15-16H,7-12,14,17-19H2,1-2H3/t25-/m0/s1. The summed E-state index contributed by atoms with van der Waals surface area (Å²) >= 11 is 6.01. The molecule has 8 heteroatoms. The van der Waals surface area contributed by atoms with Crippen molar-refractivity contribution in [2.24, 2.45) is 0 Å². The number of hydrogen-bond donors (Lipinski definition) is 0. The molecule has 2 aliphatic heterocycles. The molecule has 0 saturated carbocycles. The molecule has 33 heavy (non-hydrogen) atoms. The van der Waals surface area contributed by atoms with Gasteiger partial charge in [0.15, 0.2) is 0 Å². The van der Waals surface area contributed by atoms with E-state index in [1.165, 1.54) is 0 Å². The number of morpholine rings is 1. The van der Waals surface area contributed by atoms with Gasteiger partial charge in [-0.05, 0) is 49.4 Å². The maximum Gasteiger partial charge on any atom is 0.225 e. The summed E-state index contributed by atoms with van der Waals surface area (Å²) in [5, 5.41) is 0.661. The first kappa shape index (κ1) is 24.0. The first-order valence-corrected chi connectivity index (χ1v) is 11.9. The highest BCUT2D eigenvalue weighted by Crippen LogP contribution is 2.27. The number of halogens is 1. The van der Waals surface area contributed by atoms with Crippen molar-refractivity contribution in [3.8, 4) is 5.75 Å². The van der Waals surface area contributed by atoms with E-state index in [2.05, 4.69) is 34.8 Å². The molecule has 1 aromatic heterocycles. The van der Waals surface area contributed by atoms with Gasteiger partial charge in [-0.2, -0.15) is 0 Å². The lowest BCUT2D eigenvalue weighted by Gasteiger charge is -2.43. The fraction of sp³-hybridized carbons (Fsp3) is 0.520. The smallest absolute Gasteiger partial charge is 0.225 e. The summed E-state index contributed by atoms with van der Waals surface area (Å²) in [6, 6.07) is 9.45. The number of carbonyl (C=O) groups excluding carboxylic acids is 1. The lowest BCUT2D eigenvalue weighted by molar-refractivity contribution is -0.157. The van der Waals surface area contributed by atoms with Crippen molar-refractivity contribution in [1.29, 1.82) is 0 Å². The van der Waals surface area contributed by atoms with Crippen LogP contribution in [0.5, 0.6) is 5.75 Å². The van der Waals surface area contributed by atoms with Gasteiger partial charge in [0.2, 0.25) is 5.91 Å². The van der Waals surface area contributed by atoms with Crippen molar-refractivity contribution in [2.75, 3.05) is 59.5 Å². The van der Waals surface area contributed by atoms with Crippen molar-refractivity contribution in [1.82, 2.24) is 19.7 Å². The van der Waals surface area contributed by atoms with E-state index >= 15 is 0 Å². The maximum absolute atomic E-state index is 13.3. The Labute approximate surface area is 201 Å². The van der Waals surface area contributed by atoms with Crippen molar-refractivity contribution < 1.29 is 14.3 Å². The van der Waals surface area contributed by atoms with E-state index in [1.54, 1.807) is 12.1 Å². The second-order valence-electron chi connectivity index (χ2n) is 9.22. The summed E-state index contributed by atoms with van der Waals surface area (Å²) in [6.45, 7) is 8.40. The Morgan fingerprint density at radius 1 is 1.15 bits per heavy atom. The van der Waals surface area contributed by atoms with E-state index in [-0.39, 0.29) is 5.91 Å². The molecule has 0 aliphatic carbocycles. The van der Waals surface area contributed by atoms with Gasteiger partial charge < -0.3 is 19.3 Å². The molecule has 0 unspecified atom stereocenters. The normalized spacial score (nSPS) is 22.3. The summed E-state index contributed by atoms with van der Waals surface area (Å²) < 4.78 is 12.4. The van der Waals surface area contributed by atoms with Gasteiger partial charge in [0.1, 0.15) is 18.0 Å². The summed E-state index contributed by atoms with van der Waals surface area (Å²) in [4.78, 5) is 24.1. The molecule has 1 amide bonds. The summed E-state index contributed by atoms with van der Waals surface area (Å²) in [5.41, 5.74) is 1.59. The van der Waals surface area contributed by atoms with Crippen LogP contribution in [0.25, 0.3) is 0 Å². The number of benzene rings is 1. The van der Waals surface area contributed by atoms with Gasteiger partial charge >= 0.3 is 0 Å². The van der Waals surface area contributed by atoms with Crippen LogP contribution in [0, 0.1) is 6.92 Å². The van der Waals surface area contributed by atoms with Gasteiger partial charge in [-0.15, -0.1) is 0 Å². The van der Waals surface area contributed by atoms with Crippen LogP contribution in [0.1, 0.15) is 17.5 Å². The average molecular weight is 473 g/mol. The molecule has 0 N–H and O–H groups in total. The monoisotopic (exact) mass is 472 g/mol. The molecule has 0 spiro atoms. The van der Waals surface area contributed by atoms with E-state index < -0.39 is 5.60 Å². The topological polar surface area (TPSA) is 58.1 Å². The van der Waals surface area contributed by atoms with E-state index in [0.717, 1.165) is 56.1 Å². The highest BCUT2D eigenvalue weighted by atomic mass is 35.5. The number of ether oxygens (including phenoxy) is 2. The van der Waals surface area contributed by atoms with Gasteiger partial charge in [0, 0.05) is 63.2 Å². The van der Waals surface area contributed by atoms with Crippen LogP contribution < -0.4 is 4.74 Å². The van der Waals surface area contributed by atoms with E-state index in [1.807, 2.05) is 29.4 Å². The molecular weight excluding hydrogens is 440 g/mol. The van der Waals surface area contributed by atoms with E-state index in [4.69, 9.17) is 21.1 Å². The van der Waals surface area contributed by atoms with E-state index in [9.17, 15) is 4.79 Å². The highest BCUT2D eigenvalue weighted by molar-refractivity contribution is 6.30. The van der Waals surface area contributed by atoms with Crippen molar-refractivity contribution in [3.05, 3.63) is 58.9 Å². The van der Waals surface area contributed by atoms with Crippen molar-refractivity contribution >= 4 is 17.5 Å². The fourth-order valence-corrected chi connectivity index (χ4v) is 4.58. The number of nitrogens with zero attached hydrogens (tertiary/aromatic N) is 4. The lowest BCUT2D eigenvalue weighted by atomic mass is 9.96. The number of likely N-dealkylation sites (N-methyl/N-ethyl adjacent to an activating group) is 1. The van der Waals surface area contributed by atoms with Gasteiger partial charge in [-0.25, -0.2) is 0 Å². The zero-order chi connectivity index (χ0) is 23.3. The fourth-order valence-electron chi connectivity index (χ4n) is 4.45. The Morgan fingerprint density at radius 3 is 2.64 bits per heavy atom. The number of aromatic nitrogens is 1. The third kappa shape index (κ3) is 6.67. The molecule has 4 rings (SSSR count).